The summed E-state index contributed by atoms with van der Waals surface area (Å²) < 4.78 is 12.5. The number of para-hydroxylation sites is 1. The molecule has 2 amide bonds. The molecule has 2 aromatic carbocycles. The molecule has 268 valence electrons. The van der Waals surface area contributed by atoms with E-state index < -0.39 is 23.6 Å². The lowest BCUT2D eigenvalue weighted by atomic mass is 9.87. The lowest BCUT2D eigenvalue weighted by molar-refractivity contribution is -0.260. The number of nitrogens with one attached hydrogen (secondary N) is 1. The molecule has 0 spiro atoms. The normalized spacial score (nSPS) is 21.9. The highest BCUT2D eigenvalue weighted by Crippen LogP contribution is 2.39. The summed E-state index contributed by atoms with van der Waals surface area (Å²) in [6, 6.07) is 10.4. The van der Waals surface area contributed by atoms with Gasteiger partial charge in [0.2, 0.25) is 11.8 Å². The van der Waals surface area contributed by atoms with E-state index in [1.165, 1.54) is 6.26 Å². The fraction of sp³-hybridized carbons (Fsp3) is 0.514. The van der Waals surface area contributed by atoms with Crippen molar-refractivity contribution in [3.8, 4) is 0 Å². The maximum atomic E-state index is 14.9. The Morgan fingerprint density at radius 3 is 2.24 bits per heavy atom. The number of carboxylic acid groups (broad SMARTS) is 1. The van der Waals surface area contributed by atoms with Crippen LogP contribution in [0.15, 0.2) is 47.1 Å². The van der Waals surface area contributed by atoms with Crippen molar-refractivity contribution < 1.29 is 33.4 Å². The molecular formula is C37H44Cl2N4O7. The van der Waals surface area contributed by atoms with E-state index in [1.54, 1.807) is 43.3 Å². The van der Waals surface area contributed by atoms with Crippen LogP contribution in [0.3, 0.4) is 0 Å². The SMILES string of the molecule is CN(C)C(=O)C1CCN(C(O[C@H]2CC[C@H](C(=O)O)CC2)(C(=O)Cc2cc(Cl)c(NC(=O)c3coc4ccccc34)cc2Cl)N2CCCC2)CC1. The predicted octanol–water partition coefficient (Wildman–Crippen LogP) is 6.31. The van der Waals surface area contributed by atoms with Crippen LogP contribution >= 0.6 is 23.2 Å². The molecule has 3 aliphatic rings. The number of hydrogen-bond donors (Lipinski definition) is 2. The number of aliphatic carboxylic acids is 1. The van der Waals surface area contributed by atoms with Gasteiger partial charge in [-0.2, -0.15) is 0 Å². The number of Topliss-reactive ketones (excluding diaryl/α,β-unsaturated/α-hetero) is 1. The summed E-state index contributed by atoms with van der Waals surface area (Å²) in [6.45, 7) is 2.29. The summed E-state index contributed by atoms with van der Waals surface area (Å²) in [4.78, 5) is 58.5. The number of carbonyl (C=O) groups excluding carboxylic acids is 3. The van der Waals surface area contributed by atoms with Crippen LogP contribution in [-0.2, 0) is 25.5 Å². The Kier molecular flexibility index (Phi) is 11.2. The van der Waals surface area contributed by atoms with Crippen molar-refractivity contribution in [3.05, 3.63) is 63.8 Å². The summed E-state index contributed by atoms with van der Waals surface area (Å²) in [5.74, 6) is -3.33. The van der Waals surface area contributed by atoms with Gasteiger partial charge in [0.05, 0.1) is 28.3 Å². The zero-order chi connectivity index (χ0) is 35.6. The number of carbonyl (C=O) groups is 4. The van der Waals surface area contributed by atoms with Gasteiger partial charge in [0.15, 0.2) is 5.78 Å². The number of benzene rings is 2. The smallest absolute Gasteiger partial charge is 0.306 e. The van der Waals surface area contributed by atoms with Crippen LogP contribution in [0.25, 0.3) is 11.0 Å². The van der Waals surface area contributed by atoms with Crippen LogP contribution in [0.1, 0.15) is 67.3 Å². The number of hydrogen-bond acceptors (Lipinski definition) is 8. The van der Waals surface area contributed by atoms with Gasteiger partial charge in [0.1, 0.15) is 11.8 Å². The number of amides is 2. The van der Waals surface area contributed by atoms with Crippen molar-refractivity contribution in [2.24, 2.45) is 11.8 Å². The summed E-state index contributed by atoms with van der Waals surface area (Å²) in [5.41, 5.74) is 1.73. The zero-order valence-corrected chi connectivity index (χ0v) is 30.0. The van der Waals surface area contributed by atoms with Gasteiger partial charge in [0.25, 0.3) is 5.91 Å². The maximum absolute atomic E-state index is 14.9. The molecule has 0 bridgehead atoms. The average Bonchev–Trinajstić information content (AvgIpc) is 3.81. The number of halogens is 2. The van der Waals surface area contributed by atoms with Gasteiger partial charge >= 0.3 is 5.97 Å². The number of ether oxygens (including phenoxy) is 1. The standard InChI is InChI=1S/C37H44Cl2N4O7/c1-41(2)35(46)23-13-17-43(18-14-23)37(42-15-5-6-16-42,50-26-11-9-24(10-12-26)36(47)48)33(44)20-25-19-30(39)31(21-29(25)38)40-34(45)28-22-49-32-8-4-3-7-27(28)32/h3-4,7-8,19,21-24,26H,5-6,9-18,20H2,1-2H3,(H,40,45)(H,47,48)/t24-,26-,37?. The van der Waals surface area contributed by atoms with Gasteiger partial charge in [-0.25, -0.2) is 0 Å². The first-order valence-electron chi connectivity index (χ1n) is 17.4. The number of furan rings is 1. The molecule has 11 nitrogen and oxygen atoms in total. The van der Waals surface area contributed by atoms with E-state index in [1.807, 2.05) is 12.1 Å². The van der Waals surface area contributed by atoms with Crippen LogP contribution < -0.4 is 5.32 Å². The molecule has 1 aromatic heterocycles. The highest BCUT2D eigenvalue weighted by molar-refractivity contribution is 6.36. The Bertz CT molecular complexity index is 1740. The Hall–Kier alpha value is -3.48. The van der Waals surface area contributed by atoms with Crippen LogP contribution in [0, 0.1) is 11.8 Å². The van der Waals surface area contributed by atoms with Crippen molar-refractivity contribution >= 4 is 63.4 Å². The lowest BCUT2D eigenvalue weighted by Crippen LogP contribution is -2.69. The summed E-state index contributed by atoms with van der Waals surface area (Å²) in [7, 11) is 3.52. The van der Waals surface area contributed by atoms with E-state index in [0.29, 0.717) is 92.5 Å². The number of carboxylic acids is 1. The van der Waals surface area contributed by atoms with Crippen molar-refractivity contribution in [1.29, 1.82) is 0 Å². The molecular weight excluding hydrogens is 683 g/mol. The Morgan fingerprint density at radius 2 is 1.58 bits per heavy atom. The van der Waals surface area contributed by atoms with Crippen LogP contribution in [0.4, 0.5) is 5.69 Å². The third-order valence-corrected chi connectivity index (χ3v) is 11.1. The minimum absolute atomic E-state index is 0.0743. The molecule has 3 heterocycles. The predicted molar refractivity (Wildman–Crippen MR) is 190 cm³/mol. The largest absolute Gasteiger partial charge is 0.481 e. The van der Waals surface area contributed by atoms with Gasteiger partial charge in [-0.05, 0) is 75.1 Å². The maximum Gasteiger partial charge on any atom is 0.306 e. The first kappa shape index (κ1) is 36.3. The molecule has 1 aliphatic carbocycles. The summed E-state index contributed by atoms with van der Waals surface area (Å²) in [5, 5.41) is 13.6. The Labute approximate surface area is 301 Å². The van der Waals surface area contributed by atoms with Crippen LogP contribution in [0.2, 0.25) is 10.0 Å². The molecule has 2 saturated heterocycles. The fourth-order valence-electron chi connectivity index (χ4n) is 7.69. The molecule has 13 heteroatoms. The third-order valence-electron chi connectivity index (χ3n) is 10.4. The minimum Gasteiger partial charge on any atom is -0.481 e. The van der Waals surface area contributed by atoms with Gasteiger partial charge < -0.3 is 24.5 Å². The number of piperidine rings is 1. The van der Waals surface area contributed by atoms with E-state index in [-0.39, 0.29) is 40.2 Å². The minimum atomic E-state index is -1.42. The van der Waals surface area contributed by atoms with Crippen LogP contribution in [-0.4, -0.2) is 95.6 Å². The van der Waals surface area contributed by atoms with E-state index in [2.05, 4.69) is 15.1 Å². The molecule has 50 heavy (non-hydrogen) atoms. The quantitative estimate of drug-likeness (QED) is 0.233. The third kappa shape index (κ3) is 7.43. The molecule has 2 aliphatic heterocycles. The Balaban J connectivity index is 1.27. The average molecular weight is 728 g/mol. The monoisotopic (exact) mass is 726 g/mol. The molecule has 2 N–H and O–H groups in total. The lowest BCUT2D eigenvalue weighted by Gasteiger charge is -2.51. The van der Waals surface area contributed by atoms with Crippen molar-refractivity contribution in [2.75, 3.05) is 45.6 Å². The van der Waals surface area contributed by atoms with Gasteiger partial charge in [-0.3, -0.25) is 29.0 Å². The molecule has 3 fully saturated rings. The highest BCUT2D eigenvalue weighted by atomic mass is 35.5. The summed E-state index contributed by atoms with van der Waals surface area (Å²) in [6.07, 6.45) is 6.00. The van der Waals surface area contributed by atoms with Gasteiger partial charge in [0, 0.05) is 63.0 Å². The van der Waals surface area contributed by atoms with Crippen LogP contribution in [0.5, 0.6) is 0 Å². The molecule has 1 atom stereocenters. The summed E-state index contributed by atoms with van der Waals surface area (Å²) >= 11 is 13.5. The number of fused-ring (bicyclic) bond motifs is 1. The molecule has 3 aromatic rings. The topological polar surface area (TPSA) is 133 Å². The number of rotatable bonds is 11. The van der Waals surface area contributed by atoms with Crippen molar-refractivity contribution in [2.45, 2.75) is 69.7 Å². The number of ketones is 1. The van der Waals surface area contributed by atoms with Gasteiger partial charge in [-0.15, -0.1) is 0 Å². The second-order valence-corrected chi connectivity index (χ2v) is 14.7. The fourth-order valence-corrected chi connectivity index (χ4v) is 8.16. The second kappa shape index (κ2) is 15.4. The molecule has 1 unspecified atom stereocenters. The first-order valence-corrected chi connectivity index (χ1v) is 18.1. The molecule has 0 radical (unpaired) electrons. The van der Waals surface area contributed by atoms with E-state index >= 15 is 0 Å². The van der Waals surface area contributed by atoms with E-state index in [9.17, 15) is 24.3 Å². The first-order chi connectivity index (χ1) is 24.0. The Morgan fingerprint density at radius 1 is 0.920 bits per heavy atom. The van der Waals surface area contributed by atoms with Gasteiger partial charge in [-0.1, -0.05) is 41.4 Å². The number of likely N-dealkylation sites (tertiary alicyclic amines) is 2. The number of nitrogens with zero attached hydrogens (tertiary/aromatic N) is 3. The molecule has 1 saturated carbocycles. The van der Waals surface area contributed by atoms with E-state index in [0.717, 1.165) is 12.8 Å². The zero-order valence-electron chi connectivity index (χ0n) is 28.5. The van der Waals surface area contributed by atoms with E-state index in [4.69, 9.17) is 32.4 Å². The van der Waals surface area contributed by atoms with Crippen molar-refractivity contribution in [3.63, 3.8) is 0 Å². The molecule has 6 rings (SSSR count). The highest BCUT2D eigenvalue weighted by Gasteiger charge is 2.53. The second-order valence-electron chi connectivity index (χ2n) is 13.8. The van der Waals surface area contributed by atoms with Crippen molar-refractivity contribution in [1.82, 2.24) is 14.7 Å². The number of anilines is 1.